The monoisotopic (exact) mass is 293 g/mol. The van der Waals surface area contributed by atoms with E-state index in [1.807, 2.05) is 0 Å². The standard InChI is InChI=1S/C14H22F3NO2/c1-8(2)18-6-9-3-4-10(7-18)13(9)11(19)5-12(20)14(15,16)17/h8-10,12-13,20H,3-7H2,1-2H3. The third-order valence-electron chi connectivity index (χ3n) is 4.74. The Balaban J connectivity index is 1.99. The molecule has 116 valence electrons. The molecule has 3 atom stereocenters. The Hall–Kier alpha value is -0.620. The molecule has 0 spiro atoms. The summed E-state index contributed by atoms with van der Waals surface area (Å²) in [5, 5.41) is 9.06. The van der Waals surface area contributed by atoms with Gasteiger partial charge in [0.2, 0.25) is 0 Å². The molecule has 1 saturated heterocycles. The molecule has 1 aliphatic carbocycles. The van der Waals surface area contributed by atoms with E-state index >= 15 is 0 Å². The van der Waals surface area contributed by atoms with Crippen LogP contribution in [0.1, 0.15) is 33.1 Å². The van der Waals surface area contributed by atoms with E-state index in [0.717, 1.165) is 25.9 Å². The van der Waals surface area contributed by atoms with Crippen LogP contribution in [0.25, 0.3) is 0 Å². The number of rotatable bonds is 4. The number of aliphatic hydroxyl groups excluding tert-OH is 1. The first kappa shape index (κ1) is 15.8. The molecule has 2 fully saturated rings. The molecule has 0 radical (unpaired) electrons. The highest BCUT2D eigenvalue weighted by Gasteiger charge is 2.48. The second-order valence-corrected chi connectivity index (χ2v) is 6.40. The van der Waals surface area contributed by atoms with E-state index in [1.165, 1.54) is 0 Å². The molecule has 3 unspecified atom stereocenters. The summed E-state index contributed by atoms with van der Waals surface area (Å²) in [6.07, 6.45) is -6.19. The molecule has 0 aromatic carbocycles. The second-order valence-electron chi connectivity index (χ2n) is 6.40. The first-order chi connectivity index (χ1) is 9.20. The van der Waals surface area contributed by atoms with Crippen LogP contribution < -0.4 is 0 Å². The van der Waals surface area contributed by atoms with Gasteiger partial charge in [-0.2, -0.15) is 13.2 Å². The lowest BCUT2D eigenvalue weighted by atomic mass is 9.80. The molecule has 1 N–H and O–H groups in total. The van der Waals surface area contributed by atoms with Crippen molar-refractivity contribution in [2.75, 3.05) is 13.1 Å². The van der Waals surface area contributed by atoms with Gasteiger partial charge >= 0.3 is 6.18 Å². The first-order valence-corrected chi connectivity index (χ1v) is 7.21. The fourth-order valence-electron chi connectivity index (χ4n) is 3.65. The zero-order valence-corrected chi connectivity index (χ0v) is 11.9. The Kier molecular flexibility index (Phi) is 4.44. The number of halogens is 3. The first-order valence-electron chi connectivity index (χ1n) is 7.21. The van der Waals surface area contributed by atoms with E-state index in [-0.39, 0.29) is 17.8 Å². The van der Waals surface area contributed by atoms with E-state index in [4.69, 9.17) is 5.11 Å². The van der Waals surface area contributed by atoms with Crippen LogP contribution in [0.5, 0.6) is 0 Å². The number of hydrogen-bond acceptors (Lipinski definition) is 3. The van der Waals surface area contributed by atoms with Crippen molar-refractivity contribution < 1.29 is 23.1 Å². The van der Waals surface area contributed by atoms with Crippen molar-refractivity contribution >= 4 is 5.78 Å². The lowest BCUT2D eigenvalue weighted by molar-refractivity contribution is -0.206. The number of fused-ring (bicyclic) bond motifs is 2. The number of piperidine rings is 1. The highest BCUT2D eigenvalue weighted by Crippen LogP contribution is 2.43. The molecule has 2 rings (SSSR count). The zero-order valence-electron chi connectivity index (χ0n) is 11.9. The highest BCUT2D eigenvalue weighted by atomic mass is 19.4. The molecule has 0 amide bonds. The van der Waals surface area contributed by atoms with Crippen molar-refractivity contribution in [3.63, 3.8) is 0 Å². The van der Waals surface area contributed by atoms with Gasteiger partial charge in [0.25, 0.3) is 0 Å². The van der Waals surface area contributed by atoms with Gasteiger partial charge in [-0.15, -0.1) is 0 Å². The van der Waals surface area contributed by atoms with Gasteiger partial charge in [-0.05, 0) is 38.5 Å². The van der Waals surface area contributed by atoms with Gasteiger partial charge in [-0.25, -0.2) is 0 Å². The number of aliphatic hydroxyl groups is 1. The normalized spacial score (nSPS) is 32.6. The molecule has 6 heteroatoms. The maximum atomic E-state index is 12.3. The van der Waals surface area contributed by atoms with Crippen LogP contribution in [0, 0.1) is 17.8 Å². The summed E-state index contributed by atoms with van der Waals surface area (Å²) >= 11 is 0. The lowest BCUT2D eigenvalue weighted by Gasteiger charge is -2.39. The minimum absolute atomic E-state index is 0.157. The largest absolute Gasteiger partial charge is 0.414 e. The molecule has 1 aliphatic heterocycles. The molecular weight excluding hydrogens is 271 g/mol. The Morgan fingerprint density at radius 1 is 1.25 bits per heavy atom. The van der Waals surface area contributed by atoms with Crippen molar-refractivity contribution in [2.45, 2.75) is 51.4 Å². The van der Waals surface area contributed by atoms with Crippen LogP contribution in [-0.2, 0) is 4.79 Å². The minimum atomic E-state index is -4.70. The van der Waals surface area contributed by atoms with Gasteiger partial charge in [-0.1, -0.05) is 0 Å². The molecule has 1 saturated carbocycles. The Morgan fingerprint density at radius 2 is 1.75 bits per heavy atom. The smallest absolute Gasteiger partial charge is 0.383 e. The fraction of sp³-hybridized carbons (Fsp3) is 0.929. The molecule has 0 aromatic rings. The summed E-state index contributed by atoms with van der Waals surface area (Å²) in [5.74, 6) is -0.388. The molecule has 2 bridgehead atoms. The summed E-state index contributed by atoms with van der Waals surface area (Å²) in [5.41, 5.74) is 0. The van der Waals surface area contributed by atoms with Crippen LogP contribution in [0.2, 0.25) is 0 Å². The van der Waals surface area contributed by atoms with Crippen molar-refractivity contribution in [1.82, 2.24) is 4.90 Å². The van der Waals surface area contributed by atoms with E-state index in [9.17, 15) is 18.0 Å². The number of Topliss-reactive ketones (excluding diaryl/α,β-unsaturated/α-hetero) is 1. The number of carbonyl (C=O) groups is 1. The molecule has 3 nitrogen and oxygen atoms in total. The maximum Gasteiger partial charge on any atom is 0.414 e. The van der Waals surface area contributed by atoms with Gasteiger partial charge in [0, 0.05) is 31.5 Å². The van der Waals surface area contributed by atoms with Crippen molar-refractivity contribution in [3.05, 3.63) is 0 Å². The summed E-state index contributed by atoms with van der Waals surface area (Å²) in [6.45, 7) is 5.75. The molecule has 2 aliphatic rings. The van der Waals surface area contributed by atoms with Gasteiger partial charge in [0.1, 0.15) is 5.78 Å². The van der Waals surface area contributed by atoms with E-state index < -0.39 is 24.5 Å². The number of alkyl halides is 3. The number of nitrogens with zero attached hydrogens (tertiary/aromatic N) is 1. The van der Waals surface area contributed by atoms with Crippen LogP contribution in [-0.4, -0.2) is 47.2 Å². The Morgan fingerprint density at radius 3 is 2.15 bits per heavy atom. The quantitative estimate of drug-likeness (QED) is 0.864. The summed E-state index contributed by atoms with van der Waals surface area (Å²) in [7, 11) is 0. The average Bonchev–Trinajstić information content (AvgIpc) is 2.58. The molecule has 0 aromatic heterocycles. The number of ketones is 1. The highest BCUT2D eigenvalue weighted by molar-refractivity contribution is 5.82. The van der Waals surface area contributed by atoms with Crippen molar-refractivity contribution in [3.8, 4) is 0 Å². The van der Waals surface area contributed by atoms with Crippen molar-refractivity contribution in [1.29, 1.82) is 0 Å². The van der Waals surface area contributed by atoms with Gasteiger partial charge in [0.15, 0.2) is 6.10 Å². The number of hydrogen-bond donors (Lipinski definition) is 1. The number of carbonyl (C=O) groups excluding carboxylic acids is 1. The summed E-state index contributed by atoms with van der Waals surface area (Å²) in [4.78, 5) is 14.4. The van der Waals surface area contributed by atoms with Gasteiger partial charge < -0.3 is 10.0 Å². The second kappa shape index (κ2) is 5.64. The van der Waals surface area contributed by atoms with Crippen LogP contribution in [0.15, 0.2) is 0 Å². The maximum absolute atomic E-state index is 12.3. The third-order valence-corrected chi connectivity index (χ3v) is 4.74. The van der Waals surface area contributed by atoms with Crippen LogP contribution >= 0.6 is 0 Å². The predicted molar refractivity (Wildman–Crippen MR) is 68.1 cm³/mol. The fourth-order valence-corrected chi connectivity index (χ4v) is 3.65. The summed E-state index contributed by atoms with van der Waals surface area (Å²) in [6, 6.07) is 0.398. The van der Waals surface area contributed by atoms with E-state index in [2.05, 4.69) is 18.7 Å². The van der Waals surface area contributed by atoms with Crippen molar-refractivity contribution in [2.24, 2.45) is 17.8 Å². The third kappa shape index (κ3) is 3.17. The van der Waals surface area contributed by atoms with E-state index in [1.54, 1.807) is 0 Å². The topological polar surface area (TPSA) is 40.5 Å². The van der Waals surface area contributed by atoms with Crippen LogP contribution in [0.4, 0.5) is 13.2 Å². The van der Waals surface area contributed by atoms with Gasteiger partial charge in [0.05, 0.1) is 0 Å². The Bertz CT molecular complexity index is 356. The molecule has 20 heavy (non-hydrogen) atoms. The van der Waals surface area contributed by atoms with Gasteiger partial charge in [-0.3, -0.25) is 4.79 Å². The average molecular weight is 293 g/mol. The van der Waals surface area contributed by atoms with E-state index in [0.29, 0.717) is 6.04 Å². The predicted octanol–water partition coefficient (Wildman–Crippen LogP) is 2.24. The SMILES string of the molecule is CC(C)N1CC2CCC(C1)C2C(=O)CC(O)C(F)(F)F. The zero-order chi connectivity index (χ0) is 15.1. The van der Waals surface area contributed by atoms with Crippen LogP contribution in [0.3, 0.4) is 0 Å². The minimum Gasteiger partial charge on any atom is -0.383 e. The lowest BCUT2D eigenvalue weighted by Crippen LogP contribution is -2.48. The number of likely N-dealkylation sites (tertiary alicyclic amines) is 1. The molecule has 1 heterocycles. The molecular formula is C14H22F3NO2. The Labute approximate surface area is 117 Å². The summed E-state index contributed by atoms with van der Waals surface area (Å²) < 4.78 is 37.0.